The van der Waals surface area contributed by atoms with E-state index in [1.807, 2.05) is 18.2 Å². The lowest BCUT2D eigenvalue weighted by molar-refractivity contribution is -0.0298. The van der Waals surface area contributed by atoms with Crippen LogP contribution in [0.25, 0.3) is 6.08 Å². The average molecular weight is 283 g/mol. The highest BCUT2D eigenvalue weighted by Crippen LogP contribution is 2.50. The fraction of sp³-hybridized carbons (Fsp3) is 0.412. The Morgan fingerprint density at radius 1 is 1.29 bits per heavy atom. The normalized spacial score (nSPS) is 26.3. The SMILES string of the molecule is CC1(C)CCC(=Cc2ccccc2)C1(O)Cn1cncn1. The molecule has 1 aromatic heterocycles. The van der Waals surface area contributed by atoms with Gasteiger partial charge in [-0.05, 0) is 29.4 Å². The molecule has 4 nitrogen and oxygen atoms in total. The Balaban J connectivity index is 1.98. The van der Waals surface area contributed by atoms with E-state index in [4.69, 9.17) is 0 Å². The Morgan fingerprint density at radius 2 is 2.05 bits per heavy atom. The predicted molar refractivity (Wildman–Crippen MR) is 82.4 cm³/mol. The zero-order valence-corrected chi connectivity index (χ0v) is 12.5. The third-order valence-corrected chi connectivity index (χ3v) is 4.67. The largest absolute Gasteiger partial charge is 0.383 e. The van der Waals surface area contributed by atoms with E-state index in [2.05, 4.69) is 42.1 Å². The van der Waals surface area contributed by atoms with E-state index in [1.165, 1.54) is 6.33 Å². The van der Waals surface area contributed by atoms with Gasteiger partial charge in [-0.25, -0.2) is 9.67 Å². The Morgan fingerprint density at radius 3 is 2.71 bits per heavy atom. The summed E-state index contributed by atoms with van der Waals surface area (Å²) in [7, 11) is 0. The summed E-state index contributed by atoms with van der Waals surface area (Å²) in [6.45, 7) is 4.68. The number of nitrogens with zero attached hydrogens (tertiary/aromatic N) is 3. The molecule has 110 valence electrons. The van der Waals surface area contributed by atoms with Gasteiger partial charge in [-0.1, -0.05) is 50.3 Å². The molecule has 1 N–H and O–H groups in total. The maximum Gasteiger partial charge on any atom is 0.137 e. The molecule has 0 aliphatic heterocycles. The molecule has 0 spiro atoms. The van der Waals surface area contributed by atoms with Crippen molar-refractivity contribution in [3.05, 3.63) is 54.1 Å². The molecule has 1 fully saturated rings. The first-order valence-corrected chi connectivity index (χ1v) is 7.32. The minimum absolute atomic E-state index is 0.181. The topological polar surface area (TPSA) is 50.9 Å². The van der Waals surface area contributed by atoms with Crippen molar-refractivity contribution in [2.75, 3.05) is 0 Å². The molecule has 1 atom stereocenters. The molecular formula is C17H21N3O. The zero-order valence-electron chi connectivity index (χ0n) is 12.5. The van der Waals surface area contributed by atoms with Crippen molar-refractivity contribution in [2.24, 2.45) is 5.41 Å². The molecule has 3 rings (SSSR count). The number of benzene rings is 1. The molecule has 0 amide bonds. The monoisotopic (exact) mass is 283 g/mol. The summed E-state index contributed by atoms with van der Waals surface area (Å²) in [5, 5.41) is 15.5. The van der Waals surface area contributed by atoms with Crippen molar-refractivity contribution < 1.29 is 5.11 Å². The Bertz CT molecular complexity index is 631. The molecule has 0 bridgehead atoms. The fourth-order valence-electron chi connectivity index (χ4n) is 3.10. The van der Waals surface area contributed by atoms with Crippen LogP contribution in [-0.2, 0) is 6.54 Å². The van der Waals surface area contributed by atoms with Gasteiger partial charge in [-0.15, -0.1) is 0 Å². The maximum atomic E-state index is 11.4. The van der Waals surface area contributed by atoms with Crippen LogP contribution in [-0.4, -0.2) is 25.5 Å². The van der Waals surface area contributed by atoms with Crippen molar-refractivity contribution in [1.82, 2.24) is 14.8 Å². The van der Waals surface area contributed by atoms with Gasteiger partial charge in [0, 0.05) is 0 Å². The van der Waals surface area contributed by atoms with Gasteiger partial charge in [0.05, 0.1) is 6.54 Å². The van der Waals surface area contributed by atoms with Crippen LogP contribution in [0.2, 0.25) is 0 Å². The summed E-state index contributed by atoms with van der Waals surface area (Å²) in [5.74, 6) is 0. The third kappa shape index (κ3) is 2.51. The zero-order chi connectivity index (χ0) is 14.9. The number of hydrogen-bond donors (Lipinski definition) is 1. The van der Waals surface area contributed by atoms with E-state index in [0.29, 0.717) is 6.54 Å². The lowest BCUT2D eigenvalue weighted by Gasteiger charge is -2.37. The molecule has 21 heavy (non-hydrogen) atoms. The van der Waals surface area contributed by atoms with Crippen LogP contribution in [0.3, 0.4) is 0 Å². The summed E-state index contributed by atoms with van der Waals surface area (Å²) in [5.41, 5.74) is 1.13. The summed E-state index contributed by atoms with van der Waals surface area (Å²) in [6, 6.07) is 10.2. The van der Waals surface area contributed by atoms with Gasteiger partial charge in [0.25, 0.3) is 0 Å². The number of hydrogen-bond acceptors (Lipinski definition) is 3. The van der Waals surface area contributed by atoms with Crippen molar-refractivity contribution in [1.29, 1.82) is 0 Å². The first kappa shape index (κ1) is 14.0. The van der Waals surface area contributed by atoms with E-state index in [1.54, 1.807) is 11.0 Å². The van der Waals surface area contributed by atoms with E-state index in [0.717, 1.165) is 24.0 Å². The van der Waals surface area contributed by atoms with Crippen LogP contribution in [0.1, 0.15) is 32.3 Å². The highest BCUT2D eigenvalue weighted by atomic mass is 16.3. The predicted octanol–water partition coefficient (Wildman–Crippen LogP) is 2.91. The van der Waals surface area contributed by atoms with Gasteiger partial charge < -0.3 is 5.11 Å². The van der Waals surface area contributed by atoms with Crippen LogP contribution in [0.15, 0.2) is 48.6 Å². The molecule has 4 heteroatoms. The van der Waals surface area contributed by atoms with E-state index < -0.39 is 5.60 Å². The fourth-order valence-corrected chi connectivity index (χ4v) is 3.10. The van der Waals surface area contributed by atoms with Crippen molar-refractivity contribution >= 4 is 6.08 Å². The van der Waals surface area contributed by atoms with Crippen molar-refractivity contribution in [2.45, 2.75) is 38.8 Å². The van der Waals surface area contributed by atoms with Crippen molar-refractivity contribution in [3.63, 3.8) is 0 Å². The number of aliphatic hydroxyl groups is 1. The molecular weight excluding hydrogens is 262 g/mol. The van der Waals surface area contributed by atoms with Crippen molar-refractivity contribution in [3.8, 4) is 0 Å². The van der Waals surface area contributed by atoms with Gasteiger partial charge >= 0.3 is 0 Å². The van der Waals surface area contributed by atoms with Gasteiger partial charge in [-0.2, -0.15) is 5.10 Å². The molecule has 1 aromatic carbocycles. The summed E-state index contributed by atoms with van der Waals surface area (Å²) in [6.07, 6.45) is 7.16. The molecule has 2 aromatic rings. The van der Waals surface area contributed by atoms with Crippen LogP contribution >= 0.6 is 0 Å². The standard InChI is InChI=1S/C17H21N3O/c1-16(2)9-8-15(10-14-6-4-3-5-7-14)17(16,21)11-20-13-18-12-19-20/h3-7,10,12-13,21H,8-9,11H2,1-2H3. The lowest BCUT2D eigenvalue weighted by atomic mass is 9.76. The molecule has 1 unspecified atom stereocenters. The van der Waals surface area contributed by atoms with Crippen LogP contribution in [0, 0.1) is 5.41 Å². The second-order valence-corrected chi connectivity index (χ2v) is 6.42. The summed E-state index contributed by atoms with van der Waals surface area (Å²) >= 11 is 0. The Labute approximate surface area is 125 Å². The van der Waals surface area contributed by atoms with Gasteiger partial charge in [0.2, 0.25) is 0 Å². The Kier molecular flexibility index (Phi) is 3.41. The highest BCUT2D eigenvalue weighted by molar-refractivity contribution is 5.56. The number of aromatic nitrogens is 3. The molecule has 1 aliphatic carbocycles. The molecule has 1 saturated carbocycles. The quantitative estimate of drug-likeness (QED) is 0.942. The first-order valence-electron chi connectivity index (χ1n) is 7.32. The minimum Gasteiger partial charge on any atom is -0.383 e. The van der Waals surface area contributed by atoms with E-state index >= 15 is 0 Å². The average Bonchev–Trinajstić information content (AvgIpc) is 3.03. The van der Waals surface area contributed by atoms with Crippen LogP contribution in [0.4, 0.5) is 0 Å². The highest BCUT2D eigenvalue weighted by Gasteiger charge is 2.51. The van der Waals surface area contributed by atoms with Crippen LogP contribution in [0.5, 0.6) is 0 Å². The first-order chi connectivity index (χ1) is 10.0. The molecule has 0 radical (unpaired) electrons. The van der Waals surface area contributed by atoms with Gasteiger partial charge in [0.1, 0.15) is 18.3 Å². The smallest absolute Gasteiger partial charge is 0.137 e. The Hall–Kier alpha value is -1.94. The minimum atomic E-state index is -0.892. The van der Waals surface area contributed by atoms with E-state index in [9.17, 15) is 5.11 Å². The molecule has 1 heterocycles. The molecule has 1 aliphatic rings. The maximum absolute atomic E-state index is 11.4. The van der Waals surface area contributed by atoms with Gasteiger partial charge in [0.15, 0.2) is 0 Å². The second-order valence-electron chi connectivity index (χ2n) is 6.42. The lowest BCUT2D eigenvalue weighted by Crippen LogP contribution is -2.45. The molecule has 0 saturated heterocycles. The van der Waals surface area contributed by atoms with Gasteiger partial charge in [-0.3, -0.25) is 0 Å². The summed E-state index contributed by atoms with van der Waals surface area (Å²) in [4.78, 5) is 3.97. The second kappa shape index (κ2) is 5.11. The summed E-state index contributed by atoms with van der Waals surface area (Å²) < 4.78 is 1.71. The third-order valence-electron chi connectivity index (χ3n) is 4.67. The number of rotatable bonds is 3. The van der Waals surface area contributed by atoms with E-state index in [-0.39, 0.29) is 5.41 Å². The van der Waals surface area contributed by atoms with Crippen LogP contribution < -0.4 is 0 Å².